The van der Waals surface area contributed by atoms with E-state index in [4.69, 9.17) is 0 Å². The first kappa shape index (κ1) is 15.9. The number of rotatable bonds is 4. The molecule has 1 fully saturated rings. The number of carbonyl (C=O) groups is 1. The Bertz CT molecular complexity index is 857. The lowest BCUT2D eigenvalue weighted by Gasteiger charge is -2.24. The third-order valence-electron chi connectivity index (χ3n) is 4.12. The van der Waals surface area contributed by atoms with Crippen molar-refractivity contribution in [1.29, 1.82) is 0 Å². The summed E-state index contributed by atoms with van der Waals surface area (Å²) in [4.78, 5) is 16.2. The summed E-state index contributed by atoms with van der Waals surface area (Å²) in [5.74, 6) is -0.490. The molecule has 0 aliphatic carbocycles. The van der Waals surface area contributed by atoms with Gasteiger partial charge in [0, 0.05) is 23.5 Å². The van der Waals surface area contributed by atoms with E-state index >= 15 is 0 Å². The fourth-order valence-corrected chi connectivity index (χ4v) is 4.31. The number of sulfonamides is 1. The van der Waals surface area contributed by atoms with Crippen molar-refractivity contribution in [1.82, 2.24) is 15.0 Å². The lowest BCUT2D eigenvalue weighted by molar-refractivity contribution is -0.121. The highest BCUT2D eigenvalue weighted by molar-refractivity contribution is 7.88. The lowest BCUT2D eigenvalue weighted by atomic mass is 9.88. The predicted octanol–water partition coefficient (Wildman–Crippen LogP) is 1.18. The zero-order valence-electron chi connectivity index (χ0n) is 13.0. The molecule has 1 aliphatic heterocycles. The molecule has 2 aromatic rings. The second-order valence-electron chi connectivity index (χ2n) is 6.51. The Morgan fingerprint density at radius 1 is 1.30 bits per heavy atom. The second-order valence-corrected chi connectivity index (χ2v) is 8.26. The number of amides is 1. The number of hydrogen-bond acceptors (Lipinski definition) is 4. The van der Waals surface area contributed by atoms with Crippen LogP contribution in [0.3, 0.4) is 0 Å². The summed E-state index contributed by atoms with van der Waals surface area (Å²) in [5.41, 5.74) is 0.823. The number of nitrogens with one attached hydrogen (secondary N) is 2. The van der Waals surface area contributed by atoms with Crippen LogP contribution in [0.5, 0.6) is 0 Å². The summed E-state index contributed by atoms with van der Waals surface area (Å²) in [5, 5.41) is 3.59. The third kappa shape index (κ3) is 3.20. The van der Waals surface area contributed by atoms with Crippen LogP contribution in [-0.4, -0.2) is 31.9 Å². The van der Waals surface area contributed by atoms with Crippen LogP contribution >= 0.6 is 0 Å². The van der Waals surface area contributed by atoms with Crippen molar-refractivity contribution in [3.05, 3.63) is 42.1 Å². The van der Waals surface area contributed by atoms with Crippen molar-refractivity contribution in [3.8, 4) is 0 Å². The van der Waals surface area contributed by atoms with Crippen molar-refractivity contribution in [2.45, 2.75) is 25.6 Å². The Morgan fingerprint density at radius 3 is 2.74 bits per heavy atom. The molecule has 1 aromatic carbocycles. The molecule has 0 spiro atoms. The van der Waals surface area contributed by atoms with Crippen molar-refractivity contribution < 1.29 is 13.2 Å². The van der Waals surface area contributed by atoms with Gasteiger partial charge in [-0.25, -0.2) is 13.1 Å². The quantitative estimate of drug-likeness (QED) is 0.879. The average molecular weight is 333 g/mol. The number of nitrogens with zero attached hydrogens (tertiary/aromatic N) is 1. The molecule has 1 saturated heterocycles. The number of pyridine rings is 1. The van der Waals surface area contributed by atoms with Crippen molar-refractivity contribution in [3.63, 3.8) is 0 Å². The maximum Gasteiger partial charge on any atom is 0.238 e. The molecule has 2 heterocycles. The molecule has 7 heteroatoms. The average Bonchev–Trinajstić information content (AvgIpc) is 2.74. The maximum atomic E-state index is 12.5. The summed E-state index contributed by atoms with van der Waals surface area (Å²) in [7, 11) is -3.66. The highest BCUT2D eigenvalue weighted by atomic mass is 32.2. The maximum absolute atomic E-state index is 12.5. The van der Waals surface area contributed by atoms with Crippen LogP contribution < -0.4 is 10.0 Å². The second kappa shape index (κ2) is 5.58. The molecule has 2 N–H and O–H groups in total. The molecule has 0 saturated carbocycles. The number of para-hydroxylation sites is 1. The molecular weight excluding hydrogens is 314 g/mol. The molecule has 0 radical (unpaired) electrons. The van der Waals surface area contributed by atoms with Crippen LogP contribution in [-0.2, 0) is 20.6 Å². The number of carbonyl (C=O) groups excluding carboxylic acids is 1. The number of fused-ring (bicyclic) bond motifs is 1. The van der Waals surface area contributed by atoms with Gasteiger partial charge in [0.1, 0.15) is 6.04 Å². The summed E-state index contributed by atoms with van der Waals surface area (Å²) in [6, 6.07) is 8.38. The monoisotopic (exact) mass is 333 g/mol. The Kier molecular flexibility index (Phi) is 3.85. The molecular formula is C16H19N3O3S. The molecule has 23 heavy (non-hydrogen) atoms. The van der Waals surface area contributed by atoms with Crippen LogP contribution in [0.1, 0.15) is 19.4 Å². The highest BCUT2D eigenvalue weighted by Gasteiger charge is 2.43. The fourth-order valence-electron chi connectivity index (χ4n) is 2.80. The first-order valence-electron chi connectivity index (χ1n) is 7.39. The summed E-state index contributed by atoms with van der Waals surface area (Å²) in [6.07, 6.45) is 1.64. The van der Waals surface area contributed by atoms with Gasteiger partial charge in [-0.15, -0.1) is 0 Å². The summed E-state index contributed by atoms with van der Waals surface area (Å²) < 4.78 is 27.6. The lowest BCUT2D eigenvalue weighted by Crippen LogP contribution is -2.47. The third-order valence-corrected chi connectivity index (χ3v) is 5.41. The molecule has 6 nitrogen and oxygen atoms in total. The van der Waals surface area contributed by atoms with Crippen molar-refractivity contribution >= 4 is 26.8 Å². The van der Waals surface area contributed by atoms with Gasteiger partial charge in [0.25, 0.3) is 0 Å². The van der Waals surface area contributed by atoms with Gasteiger partial charge in [-0.1, -0.05) is 38.1 Å². The van der Waals surface area contributed by atoms with Crippen LogP contribution in [0.2, 0.25) is 0 Å². The molecule has 3 rings (SSSR count). The normalized spacial score (nSPS) is 20.6. The van der Waals surface area contributed by atoms with Crippen molar-refractivity contribution in [2.75, 3.05) is 6.54 Å². The van der Waals surface area contributed by atoms with Crippen LogP contribution in [0.15, 0.2) is 36.5 Å². The molecule has 0 bridgehead atoms. The predicted molar refractivity (Wildman–Crippen MR) is 88.1 cm³/mol. The largest absolute Gasteiger partial charge is 0.354 e. The Hall–Kier alpha value is -1.99. The topological polar surface area (TPSA) is 88.2 Å². The minimum absolute atomic E-state index is 0.207. The van der Waals surface area contributed by atoms with E-state index in [1.807, 2.05) is 32.0 Å². The van der Waals surface area contributed by atoms with Gasteiger partial charge in [-0.05, 0) is 11.6 Å². The fraction of sp³-hybridized carbons (Fsp3) is 0.375. The molecule has 1 atom stereocenters. The molecule has 1 unspecified atom stereocenters. The van der Waals surface area contributed by atoms with E-state index in [0.29, 0.717) is 17.6 Å². The zero-order chi connectivity index (χ0) is 16.7. The Labute approximate surface area is 135 Å². The van der Waals surface area contributed by atoms with E-state index < -0.39 is 21.5 Å². The molecule has 122 valence electrons. The zero-order valence-corrected chi connectivity index (χ0v) is 13.9. The van der Waals surface area contributed by atoms with E-state index in [9.17, 15) is 13.2 Å². The molecule has 1 amide bonds. The Morgan fingerprint density at radius 2 is 2.04 bits per heavy atom. The summed E-state index contributed by atoms with van der Waals surface area (Å²) >= 11 is 0. The number of aromatic nitrogens is 1. The smallest absolute Gasteiger partial charge is 0.238 e. The van der Waals surface area contributed by atoms with E-state index in [-0.39, 0.29) is 11.7 Å². The van der Waals surface area contributed by atoms with Crippen LogP contribution in [0.25, 0.3) is 10.9 Å². The molecule has 1 aliphatic rings. The summed E-state index contributed by atoms with van der Waals surface area (Å²) in [6.45, 7) is 4.17. The van der Waals surface area contributed by atoms with Gasteiger partial charge < -0.3 is 5.32 Å². The van der Waals surface area contributed by atoms with Gasteiger partial charge in [0.05, 0.1) is 11.3 Å². The van der Waals surface area contributed by atoms with Gasteiger partial charge in [0.15, 0.2) is 0 Å². The number of benzene rings is 1. The Balaban J connectivity index is 1.88. The van der Waals surface area contributed by atoms with E-state index in [1.54, 1.807) is 18.3 Å². The highest BCUT2D eigenvalue weighted by Crippen LogP contribution is 2.26. The number of hydrogen-bond donors (Lipinski definition) is 2. The van der Waals surface area contributed by atoms with E-state index in [2.05, 4.69) is 15.0 Å². The van der Waals surface area contributed by atoms with Gasteiger partial charge in [0.2, 0.25) is 15.9 Å². The van der Waals surface area contributed by atoms with E-state index in [1.165, 1.54) is 0 Å². The van der Waals surface area contributed by atoms with Gasteiger partial charge in [-0.3, -0.25) is 9.78 Å². The van der Waals surface area contributed by atoms with Crippen molar-refractivity contribution in [2.24, 2.45) is 5.41 Å². The van der Waals surface area contributed by atoms with Crippen LogP contribution in [0.4, 0.5) is 0 Å². The van der Waals surface area contributed by atoms with E-state index in [0.717, 1.165) is 5.39 Å². The first-order valence-corrected chi connectivity index (χ1v) is 9.04. The van der Waals surface area contributed by atoms with Gasteiger partial charge >= 0.3 is 0 Å². The SMILES string of the molecule is CC1(C)CNC(=O)C1NS(=O)(=O)Cc1cccc2cccnc12. The van der Waals surface area contributed by atoms with Crippen LogP contribution in [0, 0.1) is 5.41 Å². The minimum atomic E-state index is -3.66. The molecule has 1 aromatic heterocycles. The first-order chi connectivity index (χ1) is 10.8. The minimum Gasteiger partial charge on any atom is -0.354 e. The standard InChI is InChI=1S/C16H19N3O3S/c1-16(2)10-18-15(20)14(16)19-23(21,22)9-12-6-3-5-11-7-4-8-17-13(11)12/h3-8,14,19H,9-10H2,1-2H3,(H,18,20). The van der Waals surface area contributed by atoms with Gasteiger partial charge in [-0.2, -0.15) is 0 Å².